The quantitative estimate of drug-likeness (QED) is 0.621. The number of hydrogen-bond acceptors (Lipinski definition) is 3. The number of fused-ring (bicyclic) bond motifs is 1. The van der Waals surface area contributed by atoms with Crippen LogP contribution in [0.5, 0.6) is 0 Å². The Kier molecular flexibility index (Phi) is 5.70. The number of pyridine rings is 1. The van der Waals surface area contributed by atoms with Gasteiger partial charge in [0.2, 0.25) is 5.82 Å². The molecule has 0 radical (unpaired) electrons. The van der Waals surface area contributed by atoms with Crippen LogP contribution >= 0.6 is 0 Å². The minimum Gasteiger partial charge on any atom is -0.349 e. The number of imidazole rings is 1. The summed E-state index contributed by atoms with van der Waals surface area (Å²) in [6, 6.07) is 14.6. The Bertz CT molecular complexity index is 1050. The van der Waals surface area contributed by atoms with E-state index in [0.717, 1.165) is 19.3 Å². The first kappa shape index (κ1) is 18.9. The molecule has 2 aromatic heterocycles. The lowest BCUT2D eigenvalue weighted by atomic mass is 9.97. The second-order valence-electron chi connectivity index (χ2n) is 7.17. The van der Waals surface area contributed by atoms with Crippen molar-refractivity contribution in [3.8, 4) is 0 Å². The normalized spacial score (nSPS) is 13.7. The molecule has 148 valence electrons. The molecule has 4 rings (SSSR count). The number of nitrogens with zero attached hydrogens (tertiary/aromatic N) is 2. The van der Waals surface area contributed by atoms with Gasteiger partial charge in [-0.15, -0.1) is 0 Å². The Labute approximate surface area is 169 Å². The molecule has 1 aliphatic rings. The van der Waals surface area contributed by atoms with Crippen molar-refractivity contribution >= 4 is 23.0 Å². The predicted octanol–water partition coefficient (Wildman–Crippen LogP) is 4.21. The fraction of sp³-hybridized carbons (Fsp3) is 0.261. The Morgan fingerprint density at radius 2 is 1.83 bits per heavy atom. The van der Waals surface area contributed by atoms with Gasteiger partial charge < -0.3 is 10.6 Å². The molecule has 29 heavy (non-hydrogen) atoms. The first-order valence-corrected chi connectivity index (χ1v) is 10.0. The van der Waals surface area contributed by atoms with E-state index in [9.17, 15) is 9.59 Å². The van der Waals surface area contributed by atoms with Gasteiger partial charge in [0.1, 0.15) is 0 Å². The van der Waals surface area contributed by atoms with Crippen molar-refractivity contribution in [1.29, 1.82) is 0 Å². The summed E-state index contributed by atoms with van der Waals surface area (Å²) in [7, 11) is 0. The van der Waals surface area contributed by atoms with Gasteiger partial charge in [-0.1, -0.05) is 35.9 Å². The fourth-order valence-corrected chi connectivity index (χ4v) is 3.62. The number of nitrogens with one attached hydrogen (secondary N) is 2. The summed E-state index contributed by atoms with van der Waals surface area (Å²) < 4.78 is 1.66. The van der Waals surface area contributed by atoms with Gasteiger partial charge in [0.05, 0.1) is 5.52 Å². The largest absolute Gasteiger partial charge is 0.349 e. The van der Waals surface area contributed by atoms with E-state index in [-0.39, 0.29) is 23.3 Å². The number of carbonyl (C=O) groups excluding carboxylic acids is 2. The maximum Gasteiger partial charge on any atom is 0.287 e. The molecular formula is C23H24N4O2. The number of allylic oxidation sites excluding steroid dienone is 1. The molecule has 6 nitrogen and oxygen atoms in total. The maximum atomic E-state index is 12.8. The smallest absolute Gasteiger partial charge is 0.287 e. The van der Waals surface area contributed by atoms with Crippen LogP contribution in [0.1, 0.15) is 53.2 Å². The molecule has 0 bridgehead atoms. The van der Waals surface area contributed by atoms with E-state index in [1.807, 2.05) is 42.5 Å². The van der Waals surface area contributed by atoms with Gasteiger partial charge in [-0.25, -0.2) is 4.98 Å². The van der Waals surface area contributed by atoms with Crippen LogP contribution in [-0.4, -0.2) is 27.7 Å². The van der Waals surface area contributed by atoms with Crippen molar-refractivity contribution in [1.82, 2.24) is 14.7 Å². The van der Waals surface area contributed by atoms with Crippen molar-refractivity contribution in [2.75, 3.05) is 11.9 Å². The lowest BCUT2D eigenvalue weighted by Gasteiger charge is -2.12. The van der Waals surface area contributed by atoms with Gasteiger partial charge in [-0.2, -0.15) is 0 Å². The standard InChI is InChI=1S/C23H24N4O2/c28-22(25-18-11-5-2-6-12-18)20-19-13-7-8-16-27(19)21(26-20)23(29)24-15-14-17-9-3-1-4-10-17/h2,5-9,11-13,16H,1,3-4,10,14-15H2,(H,24,29)(H,25,28). The molecular weight excluding hydrogens is 364 g/mol. The number of para-hydroxylation sites is 1. The Morgan fingerprint density at radius 1 is 1.00 bits per heavy atom. The predicted molar refractivity (Wildman–Crippen MR) is 113 cm³/mol. The first-order valence-electron chi connectivity index (χ1n) is 10.0. The average Bonchev–Trinajstić information content (AvgIpc) is 3.15. The highest BCUT2D eigenvalue weighted by Crippen LogP contribution is 2.20. The SMILES string of the molecule is O=C(Nc1ccccc1)c1nc(C(=O)NCCC2=CCCCC2)n2ccccc12. The van der Waals surface area contributed by atoms with Gasteiger partial charge in [-0.05, 0) is 56.4 Å². The van der Waals surface area contributed by atoms with Gasteiger partial charge in [-0.3, -0.25) is 14.0 Å². The lowest BCUT2D eigenvalue weighted by molar-refractivity contribution is 0.0943. The zero-order valence-corrected chi connectivity index (χ0v) is 16.2. The number of hydrogen-bond donors (Lipinski definition) is 2. The van der Waals surface area contributed by atoms with Crippen LogP contribution in [0.2, 0.25) is 0 Å². The minimum atomic E-state index is -0.341. The van der Waals surface area contributed by atoms with E-state index >= 15 is 0 Å². The van der Waals surface area contributed by atoms with E-state index in [1.54, 1.807) is 16.7 Å². The molecule has 3 aromatic rings. The molecule has 1 aromatic carbocycles. The van der Waals surface area contributed by atoms with Crippen LogP contribution in [0, 0.1) is 0 Å². The van der Waals surface area contributed by atoms with E-state index in [0.29, 0.717) is 17.7 Å². The second-order valence-corrected chi connectivity index (χ2v) is 7.17. The highest BCUT2D eigenvalue weighted by Gasteiger charge is 2.21. The zero-order chi connectivity index (χ0) is 20.1. The van der Waals surface area contributed by atoms with E-state index in [1.165, 1.54) is 18.4 Å². The van der Waals surface area contributed by atoms with Crippen molar-refractivity contribution in [3.63, 3.8) is 0 Å². The van der Waals surface area contributed by atoms with E-state index < -0.39 is 0 Å². The highest BCUT2D eigenvalue weighted by molar-refractivity contribution is 6.08. The molecule has 0 aliphatic heterocycles. The van der Waals surface area contributed by atoms with Gasteiger partial charge in [0.25, 0.3) is 11.8 Å². The Morgan fingerprint density at radius 3 is 2.62 bits per heavy atom. The Hall–Kier alpha value is -3.41. The molecule has 2 heterocycles. The van der Waals surface area contributed by atoms with Crippen LogP contribution in [0.3, 0.4) is 0 Å². The number of amides is 2. The third-order valence-electron chi connectivity index (χ3n) is 5.11. The number of aromatic nitrogens is 2. The molecule has 2 N–H and O–H groups in total. The summed E-state index contributed by atoms with van der Waals surface area (Å²) >= 11 is 0. The van der Waals surface area contributed by atoms with Crippen LogP contribution in [0.25, 0.3) is 5.52 Å². The molecule has 2 amide bonds. The maximum absolute atomic E-state index is 12.8. The zero-order valence-electron chi connectivity index (χ0n) is 16.2. The molecule has 0 atom stereocenters. The molecule has 6 heteroatoms. The Balaban J connectivity index is 1.51. The molecule has 0 saturated heterocycles. The second kappa shape index (κ2) is 8.73. The molecule has 0 saturated carbocycles. The first-order chi connectivity index (χ1) is 14.2. The average molecular weight is 388 g/mol. The highest BCUT2D eigenvalue weighted by atomic mass is 16.2. The summed E-state index contributed by atoms with van der Waals surface area (Å²) in [6.07, 6.45) is 9.62. The van der Waals surface area contributed by atoms with E-state index in [4.69, 9.17) is 0 Å². The number of anilines is 1. The van der Waals surface area contributed by atoms with Crippen molar-refractivity contribution in [2.45, 2.75) is 32.1 Å². The minimum absolute atomic E-state index is 0.219. The van der Waals surface area contributed by atoms with Gasteiger partial charge >= 0.3 is 0 Å². The van der Waals surface area contributed by atoms with Gasteiger partial charge in [0.15, 0.2) is 5.69 Å². The van der Waals surface area contributed by atoms with E-state index in [2.05, 4.69) is 21.7 Å². The van der Waals surface area contributed by atoms with Crippen LogP contribution in [-0.2, 0) is 0 Å². The van der Waals surface area contributed by atoms with Gasteiger partial charge in [0, 0.05) is 18.4 Å². The lowest BCUT2D eigenvalue weighted by Crippen LogP contribution is -2.27. The van der Waals surface area contributed by atoms with Crippen molar-refractivity contribution in [2.24, 2.45) is 0 Å². The van der Waals surface area contributed by atoms with Crippen molar-refractivity contribution < 1.29 is 9.59 Å². The number of carbonyl (C=O) groups is 2. The van der Waals surface area contributed by atoms with Crippen LogP contribution in [0.4, 0.5) is 5.69 Å². The van der Waals surface area contributed by atoms with Crippen LogP contribution in [0.15, 0.2) is 66.4 Å². The third kappa shape index (κ3) is 4.37. The molecule has 0 spiro atoms. The number of rotatable bonds is 6. The third-order valence-corrected chi connectivity index (χ3v) is 5.11. The van der Waals surface area contributed by atoms with Crippen LogP contribution < -0.4 is 10.6 Å². The number of benzene rings is 1. The summed E-state index contributed by atoms with van der Waals surface area (Å²) in [4.78, 5) is 29.9. The summed E-state index contributed by atoms with van der Waals surface area (Å²) in [5.41, 5.74) is 2.92. The van der Waals surface area contributed by atoms with Crippen molar-refractivity contribution in [3.05, 3.63) is 77.9 Å². The topological polar surface area (TPSA) is 75.5 Å². The molecule has 0 fully saturated rings. The molecule has 0 unspecified atom stereocenters. The fourth-order valence-electron chi connectivity index (χ4n) is 3.62. The summed E-state index contributed by atoms with van der Waals surface area (Å²) in [5, 5.41) is 5.78. The summed E-state index contributed by atoms with van der Waals surface area (Å²) in [6.45, 7) is 0.567. The molecule has 1 aliphatic carbocycles. The monoisotopic (exact) mass is 388 g/mol. The summed E-state index contributed by atoms with van der Waals surface area (Å²) in [5.74, 6) is -0.399.